The lowest BCUT2D eigenvalue weighted by molar-refractivity contribution is 0.0999. The second kappa shape index (κ2) is 10.3. The van der Waals surface area contributed by atoms with Crippen molar-refractivity contribution in [3.63, 3.8) is 0 Å². The molecule has 5 aromatic rings. The van der Waals surface area contributed by atoms with Crippen molar-refractivity contribution >= 4 is 17.2 Å². The first kappa shape index (κ1) is 26.3. The molecule has 4 heterocycles. The summed E-state index contributed by atoms with van der Waals surface area (Å²) >= 11 is 0. The molecule has 1 aliphatic heterocycles. The second-order valence-corrected chi connectivity index (χ2v) is 10.3. The quantitative estimate of drug-likeness (QED) is 0.338. The number of anilines is 1. The number of piperidine rings is 1. The van der Waals surface area contributed by atoms with Gasteiger partial charge in [0.1, 0.15) is 29.0 Å². The Morgan fingerprint density at radius 2 is 1.71 bits per heavy atom. The number of hydrogen-bond donors (Lipinski definition) is 2. The fraction of sp³-hybridized carbons (Fsp3) is 0.200. The van der Waals surface area contributed by atoms with Gasteiger partial charge in [-0.15, -0.1) is 0 Å². The van der Waals surface area contributed by atoms with E-state index in [2.05, 4.69) is 22.0 Å². The summed E-state index contributed by atoms with van der Waals surface area (Å²) in [5, 5.41) is 4.44. The predicted molar refractivity (Wildman–Crippen MR) is 152 cm³/mol. The average molecular weight is 556 g/mol. The van der Waals surface area contributed by atoms with Gasteiger partial charge in [-0.2, -0.15) is 5.10 Å². The molecule has 0 spiro atoms. The highest BCUT2D eigenvalue weighted by Crippen LogP contribution is 2.38. The number of carbonyl (C=O) groups excluding carboxylic acids is 1. The number of benzene rings is 2. The van der Waals surface area contributed by atoms with Crippen molar-refractivity contribution in [1.29, 1.82) is 0 Å². The molecule has 0 bridgehead atoms. The van der Waals surface area contributed by atoms with Crippen molar-refractivity contribution in [1.82, 2.24) is 24.1 Å². The lowest BCUT2D eigenvalue weighted by Gasteiger charge is -2.28. The van der Waals surface area contributed by atoms with Crippen molar-refractivity contribution in [2.45, 2.75) is 18.8 Å². The van der Waals surface area contributed by atoms with Crippen LogP contribution in [0.15, 0.2) is 71.9 Å². The Kier molecular flexibility index (Phi) is 6.58. The minimum Gasteiger partial charge on any atom is -0.382 e. The van der Waals surface area contributed by atoms with Crippen molar-refractivity contribution in [2.24, 2.45) is 5.73 Å². The van der Waals surface area contributed by atoms with E-state index in [0.717, 1.165) is 31.6 Å². The predicted octanol–water partition coefficient (Wildman–Crippen LogP) is 3.98. The molecule has 4 N–H and O–H groups in total. The highest BCUT2D eigenvalue weighted by atomic mass is 19.1. The van der Waals surface area contributed by atoms with Crippen molar-refractivity contribution < 1.29 is 13.6 Å². The molecule has 3 aromatic heterocycles. The smallest absolute Gasteiger partial charge is 0.268 e. The van der Waals surface area contributed by atoms with Gasteiger partial charge in [0.15, 0.2) is 5.82 Å². The number of carbonyl (C=O) groups is 1. The molecule has 6 rings (SSSR count). The fourth-order valence-electron chi connectivity index (χ4n) is 5.61. The van der Waals surface area contributed by atoms with E-state index >= 15 is 4.39 Å². The van der Waals surface area contributed by atoms with Gasteiger partial charge in [0.2, 0.25) is 0 Å². The Morgan fingerprint density at radius 3 is 2.39 bits per heavy atom. The van der Waals surface area contributed by atoms with E-state index in [4.69, 9.17) is 11.5 Å². The van der Waals surface area contributed by atoms with Crippen molar-refractivity contribution in [3.8, 4) is 27.9 Å². The second-order valence-electron chi connectivity index (χ2n) is 10.3. The maximum Gasteiger partial charge on any atom is 0.268 e. The van der Waals surface area contributed by atoms with Crippen LogP contribution in [-0.2, 0) is 0 Å². The normalized spacial score (nSPS) is 14.5. The molecule has 2 aromatic carbocycles. The van der Waals surface area contributed by atoms with Gasteiger partial charge in [-0.05, 0) is 81.0 Å². The third-order valence-electron chi connectivity index (χ3n) is 7.76. The summed E-state index contributed by atoms with van der Waals surface area (Å²) in [6, 6.07) is 13.1. The zero-order valence-electron chi connectivity index (χ0n) is 22.2. The first-order valence-electron chi connectivity index (χ1n) is 13.1. The number of nitrogens with two attached hydrogens (primary N) is 2. The van der Waals surface area contributed by atoms with E-state index in [1.165, 1.54) is 53.5 Å². The van der Waals surface area contributed by atoms with Crippen LogP contribution in [0.3, 0.4) is 0 Å². The molecule has 1 saturated heterocycles. The van der Waals surface area contributed by atoms with Crippen LogP contribution < -0.4 is 17.0 Å². The SMILES string of the molecule is CN1CCC(c2cc(-c3ccc(-c4ccn(-c5ccc(F)cc5)c(=O)c4C(N)=O)cc3F)c3c(N)ncnn23)CC1. The van der Waals surface area contributed by atoms with Crippen molar-refractivity contribution in [2.75, 3.05) is 25.9 Å². The van der Waals surface area contributed by atoms with Gasteiger partial charge >= 0.3 is 0 Å². The van der Waals surface area contributed by atoms with Crippen LogP contribution in [0.4, 0.5) is 14.6 Å². The van der Waals surface area contributed by atoms with Gasteiger partial charge in [0.25, 0.3) is 11.5 Å². The molecule has 11 heteroatoms. The molecule has 9 nitrogen and oxygen atoms in total. The lowest BCUT2D eigenvalue weighted by atomic mass is 9.93. The van der Waals surface area contributed by atoms with Crippen LogP contribution in [0, 0.1) is 11.6 Å². The summed E-state index contributed by atoms with van der Waals surface area (Å²) in [6.45, 7) is 1.89. The number of likely N-dealkylation sites (tertiary alicyclic amines) is 1. The molecule has 0 unspecified atom stereocenters. The highest BCUT2D eigenvalue weighted by Gasteiger charge is 2.26. The van der Waals surface area contributed by atoms with Gasteiger partial charge < -0.3 is 16.4 Å². The number of amides is 1. The number of halogens is 2. The Labute approximate surface area is 233 Å². The molecule has 41 heavy (non-hydrogen) atoms. The first-order valence-corrected chi connectivity index (χ1v) is 13.1. The van der Waals surface area contributed by atoms with E-state index in [9.17, 15) is 14.0 Å². The fourth-order valence-corrected chi connectivity index (χ4v) is 5.61. The van der Waals surface area contributed by atoms with Crippen LogP contribution in [0.25, 0.3) is 33.5 Å². The Bertz CT molecular complexity index is 1860. The maximum atomic E-state index is 15.9. The third-order valence-corrected chi connectivity index (χ3v) is 7.76. The average Bonchev–Trinajstić information content (AvgIpc) is 3.34. The number of pyridine rings is 1. The molecular formula is C30H27F2N7O2. The number of nitrogen functional groups attached to an aromatic ring is 1. The largest absolute Gasteiger partial charge is 0.382 e. The minimum absolute atomic E-state index is 0.183. The molecule has 0 radical (unpaired) electrons. The third kappa shape index (κ3) is 4.63. The molecule has 1 fully saturated rings. The lowest BCUT2D eigenvalue weighted by Crippen LogP contribution is -2.29. The molecular weight excluding hydrogens is 528 g/mol. The van der Waals surface area contributed by atoms with Crippen LogP contribution in [0.1, 0.15) is 34.8 Å². The molecule has 208 valence electrons. The zero-order valence-corrected chi connectivity index (χ0v) is 22.2. The van der Waals surface area contributed by atoms with Crippen LogP contribution in [0.5, 0.6) is 0 Å². The summed E-state index contributed by atoms with van der Waals surface area (Å²) in [7, 11) is 2.09. The highest BCUT2D eigenvalue weighted by molar-refractivity contribution is 6.00. The van der Waals surface area contributed by atoms with Gasteiger partial charge in [0, 0.05) is 40.2 Å². The van der Waals surface area contributed by atoms with Gasteiger partial charge in [0.05, 0.1) is 0 Å². The molecule has 0 atom stereocenters. The Balaban J connectivity index is 1.45. The first-order chi connectivity index (χ1) is 19.7. The number of primary amides is 1. The van der Waals surface area contributed by atoms with E-state index in [0.29, 0.717) is 22.3 Å². The molecule has 0 saturated carbocycles. The molecule has 1 amide bonds. The van der Waals surface area contributed by atoms with Gasteiger partial charge in [-0.3, -0.25) is 14.2 Å². The number of nitrogens with zero attached hydrogens (tertiary/aromatic N) is 5. The standard InChI is InChI=1S/C30H27F2N7O2/c1-37-11-8-17(9-12-37)25-15-23(27-28(33)35-16-36-39(25)27)22-7-2-18(14-24(22)32)21-10-13-38(30(41)26(21)29(34)40)20-5-3-19(31)4-6-20/h2-7,10,13-17H,8-9,11-12H2,1H3,(H2,34,40)(H2,33,35,36). The van der Waals surface area contributed by atoms with Crippen LogP contribution in [0.2, 0.25) is 0 Å². The summed E-state index contributed by atoms with van der Waals surface area (Å²) in [6.07, 6.45) is 4.71. The number of hydrogen-bond acceptors (Lipinski definition) is 6. The van der Waals surface area contributed by atoms with Crippen LogP contribution in [-0.4, -0.2) is 50.1 Å². The van der Waals surface area contributed by atoms with Crippen molar-refractivity contribution in [3.05, 3.63) is 100 Å². The Hall–Kier alpha value is -4.90. The summed E-state index contributed by atoms with van der Waals surface area (Å²) in [5.74, 6) is -1.54. The van der Waals surface area contributed by atoms with E-state index in [1.807, 2.05) is 6.07 Å². The monoisotopic (exact) mass is 555 g/mol. The maximum absolute atomic E-state index is 15.9. The van der Waals surface area contributed by atoms with Gasteiger partial charge in [-0.1, -0.05) is 12.1 Å². The van der Waals surface area contributed by atoms with Crippen LogP contribution >= 0.6 is 0 Å². The van der Waals surface area contributed by atoms with E-state index in [-0.39, 0.29) is 28.4 Å². The number of aromatic nitrogens is 4. The summed E-state index contributed by atoms with van der Waals surface area (Å²) in [5.41, 5.74) is 14.0. The minimum atomic E-state index is -0.961. The topological polar surface area (TPSA) is 125 Å². The summed E-state index contributed by atoms with van der Waals surface area (Å²) in [4.78, 5) is 32.1. The van der Waals surface area contributed by atoms with E-state index in [1.54, 1.807) is 16.6 Å². The zero-order chi connectivity index (χ0) is 28.8. The van der Waals surface area contributed by atoms with E-state index < -0.39 is 23.1 Å². The summed E-state index contributed by atoms with van der Waals surface area (Å²) < 4.78 is 32.2. The van der Waals surface area contributed by atoms with Gasteiger partial charge in [-0.25, -0.2) is 18.3 Å². The number of rotatable bonds is 5. The molecule has 1 aliphatic rings. The molecule has 0 aliphatic carbocycles. The Morgan fingerprint density at radius 1 is 0.976 bits per heavy atom. The number of fused-ring (bicyclic) bond motifs is 1.